The summed E-state index contributed by atoms with van der Waals surface area (Å²) in [5.41, 5.74) is 5.30. The molecule has 29 heavy (non-hydrogen) atoms. The van der Waals surface area contributed by atoms with Gasteiger partial charge in [-0.2, -0.15) is 0 Å². The van der Waals surface area contributed by atoms with Gasteiger partial charge in [0.2, 0.25) is 0 Å². The standard InChI is InChI=1S/C22H28N2O5/c1-2-28-16-7-8-17-15(13-16)14-18(20(25)19(17)21(23)26)22(27)29-12-6-11-24-9-4-3-5-10-24/h7-8,13-14,25H,2-6,9-12H2,1H3,(H2,23,26). The van der Waals surface area contributed by atoms with Crippen LogP contribution in [-0.4, -0.2) is 54.7 Å². The predicted octanol–water partition coefficient (Wildman–Crippen LogP) is 3.08. The van der Waals surface area contributed by atoms with E-state index in [1.54, 1.807) is 18.2 Å². The Morgan fingerprint density at radius 2 is 1.93 bits per heavy atom. The Kier molecular flexibility index (Phi) is 6.93. The van der Waals surface area contributed by atoms with Gasteiger partial charge in [-0.1, -0.05) is 6.42 Å². The second-order valence-corrected chi connectivity index (χ2v) is 7.22. The molecule has 7 heteroatoms. The van der Waals surface area contributed by atoms with E-state index in [1.165, 1.54) is 25.3 Å². The van der Waals surface area contributed by atoms with Crippen molar-refractivity contribution in [1.29, 1.82) is 0 Å². The number of likely N-dealkylation sites (tertiary alicyclic amines) is 1. The first-order chi connectivity index (χ1) is 14.0. The lowest BCUT2D eigenvalue weighted by Crippen LogP contribution is -2.31. The smallest absolute Gasteiger partial charge is 0.341 e. The van der Waals surface area contributed by atoms with Gasteiger partial charge in [0.1, 0.15) is 17.1 Å². The van der Waals surface area contributed by atoms with E-state index >= 15 is 0 Å². The number of ether oxygens (including phenoxy) is 2. The number of phenols is 1. The molecule has 0 atom stereocenters. The Labute approximate surface area is 170 Å². The van der Waals surface area contributed by atoms with Crippen molar-refractivity contribution in [1.82, 2.24) is 4.90 Å². The minimum absolute atomic E-state index is 0.0714. The maximum absolute atomic E-state index is 12.6. The van der Waals surface area contributed by atoms with Crippen molar-refractivity contribution in [3.05, 3.63) is 35.4 Å². The maximum atomic E-state index is 12.6. The van der Waals surface area contributed by atoms with Gasteiger partial charge >= 0.3 is 5.97 Å². The van der Waals surface area contributed by atoms with Gasteiger partial charge in [0.25, 0.3) is 5.91 Å². The number of aromatic hydroxyl groups is 1. The molecule has 1 heterocycles. The molecule has 0 bridgehead atoms. The summed E-state index contributed by atoms with van der Waals surface area (Å²) in [5.74, 6) is -1.33. The fraction of sp³-hybridized carbons (Fsp3) is 0.455. The fourth-order valence-corrected chi connectivity index (χ4v) is 3.75. The molecule has 0 radical (unpaired) electrons. The van der Waals surface area contributed by atoms with Crippen molar-refractivity contribution in [2.24, 2.45) is 5.73 Å². The average Bonchev–Trinajstić information content (AvgIpc) is 2.71. The van der Waals surface area contributed by atoms with Crippen LogP contribution < -0.4 is 10.5 Å². The van der Waals surface area contributed by atoms with E-state index in [0.717, 1.165) is 26.1 Å². The van der Waals surface area contributed by atoms with E-state index in [4.69, 9.17) is 15.2 Å². The molecule has 0 aromatic heterocycles. The molecule has 7 nitrogen and oxygen atoms in total. The van der Waals surface area contributed by atoms with Crippen molar-refractivity contribution >= 4 is 22.6 Å². The van der Waals surface area contributed by atoms with Crippen molar-refractivity contribution in [3.63, 3.8) is 0 Å². The fourth-order valence-electron chi connectivity index (χ4n) is 3.75. The van der Waals surface area contributed by atoms with Crippen LogP contribution in [0.2, 0.25) is 0 Å². The monoisotopic (exact) mass is 400 g/mol. The minimum atomic E-state index is -0.809. The lowest BCUT2D eigenvalue weighted by molar-refractivity contribution is 0.0482. The molecule has 1 aliphatic heterocycles. The highest BCUT2D eigenvalue weighted by atomic mass is 16.5. The maximum Gasteiger partial charge on any atom is 0.341 e. The average molecular weight is 400 g/mol. The van der Waals surface area contributed by atoms with Gasteiger partial charge in [-0.25, -0.2) is 4.79 Å². The van der Waals surface area contributed by atoms with Gasteiger partial charge in [-0.15, -0.1) is 0 Å². The van der Waals surface area contributed by atoms with Crippen molar-refractivity contribution in [3.8, 4) is 11.5 Å². The van der Waals surface area contributed by atoms with Gasteiger partial charge in [0, 0.05) is 6.54 Å². The summed E-state index contributed by atoms with van der Waals surface area (Å²) in [7, 11) is 0. The Balaban J connectivity index is 1.76. The summed E-state index contributed by atoms with van der Waals surface area (Å²) in [6, 6.07) is 6.55. The highest BCUT2D eigenvalue weighted by Gasteiger charge is 2.22. The van der Waals surface area contributed by atoms with Gasteiger partial charge in [-0.3, -0.25) is 4.79 Å². The van der Waals surface area contributed by atoms with Crippen molar-refractivity contribution < 1.29 is 24.2 Å². The Morgan fingerprint density at radius 3 is 2.62 bits per heavy atom. The number of nitrogens with two attached hydrogens (primary N) is 1. The second-order valence-electron chi connectivity index (χ2n) is 7.22. The number of carbonyl (C=O) groups is 2. The molecule has 1 aliphatic rings. The molecule has 2 aromatic rings. The number of primary amides is 1. The van der Waals surface area contributed by atoms with Crippen LogP contribution in [0.3, 0.4) is 0 Å². The summed E-state index contributed by atoms with van der Waals surface area (Å²) in [6.07, 6.45) is 4.42. The minimum Gasteiger partial charge on any atom is -0.506 e. The molecule has 1 saturated heterocycles. The number of carbonyl (C=O) groups excluding carboxylic acids is 2. The van der Waals surface area contributed by atoms with E-state index in [2.05, 4.69) is 4.90 Å². The molecule has 2 aromatic carbocycles. The van der Waals surface area contributed by atoms with Gasteiger partial charge in [-0.05, 0) is 74.3 Å². The SMILES string of the molecule is CCOc1ccc2c(C(N)=O)c(O)c(C(=O)OCCCN3CCCCC3)cc2c1. The molecule has 156 valence electrons. The van der Waals surface area contributed by atoms with Crippen LogP contribution in [0.25, 0.3) is 10.8 Å². The van der Waals surface area contributed by atoms with Crippen molar-refractivity contribution in [2.45, 2.75) is 32.6 Å². The molecule has 1 amide bonds. The first-order valence-electron chi connectivity index (χ1n) is 10.1. The van der Waals surface area contributed by atoms with Crippen LogP contribution in [-0.2, 0) is 4.74 Å². The molecule has 0 saturated carbocycles. The van der Waals surface area contributed by atoms with Gasteiger partial charge < -0.3 is 25.2 Å². The number of benzene rings is 2. The summed E-state index contributed by atoms with van der Waals surface area (Å²) >= 11 is 0. The number of nitrogens with zero attached hydrogens (tertiary/aromatic N) is 1. The number of amides is 1. The molecule has 1 fully saturated rings. The Hall–Kier alpha value is -2.80. The number of piperidine rings is 1. The van der Waals surface area contributed by atoms with Gasteiger partial charge in [0.15, 0.2) is 0 Å². The molecular formula is C22H28N2O5. The Bertz CT molecular complexity index is 890. The van der Waals surface area contributed by atoms with Crippen LogP contribution in [0.5, 0.6) is 11.5 Å². The zero-order valence-corrected chi connectivity index (χ0v) is 16.8. The largest absolute Gasteiger partial charge is 0.506 e. The van der Waals surface area contributed by atoms with E-state index in [-0.39, 0.29) is 17.7 Å². The zero-order valence-electron chi connectivity index (χ0n) is 16.8. The van der Waals surface area contributed by atoms with Crippen LogP contribution >= 0.6 is 0 Å². The van der Waals surface area contributed by atoms with Crippen molar-refractivity contribution in [2.75, 3.05) is 32.8 Å². The Morgan fingerprint density at radius 1 is 1.17 bits per heavy atom. The first-order valence-corrected chi connectivity index (χ1v) is 10.1. The highest BCUT2D eigenvalue weighted by Crippen LogP contribution is 2.33. The number of fused-ring (bicyclic) bond motifs is 1. The molecule has 0 spiro atoms. The lowest BCUT2D eigenvalue weighted by atomic mass is 9.98. The molecule has 3 N–H and O–H groups in total. The zero-order chi connectivity index (χ0) is 20.8. The number of rotatable bonds is 8. The van der Waals surface area contributed by atoms with E-state index in [1.807, 2.05) is 6.92 Å². The van der Waals surface area contributed by atoms with Gasteiger partial charge in [0.05, 0.1) is 18.8 Å². The second kappa shape index (κ2) is 9.60. The van der Waals surface area contributed by atoms with E-state index in [0.29, 0.717) is 23.1 Å². The molecule has 0 unspecified atom stereocenters. The third-order valence-corrected chi connectivity index (χ3v) is 5.16. The number of hydrogen-bond acceptors (Lipinski definition) is 6. The molecule has 0 aliphatic carbocycles. The molecule has 3 rings (SSSR count). The normalized spacial score (nSPS) is 14.7. The quantitative estimate of drug-likeness (QED) is 0.522. The predicted molar refractivity (Wildman–Crippen MR) is 110 cm³/mol. The van der Waals surface area contributed by atoms with E-state index < -0.39 is 17.6 Å². The van der Waals surface area contributed by atoms with Crippen LogP contribution in [0.1, 0.15) is 53.3 Å². The molecular weight excluding hydrogens is 372 g/mol. The van der Waals surface area contributed by atoms with Crippen LogP contribution in [0.15, 0.2) is 24.3 Å². The number of esters is 1. The topological polar surface area (TPSA) is 102 Å². The lowest BCUT2D eigenvalue weighted by Gasteiger charge is -2.26. The summed E-state index contributed by atoms with van der Waals surface area (Å²) in [4.78, 5) is 26.9. The first kappa shape index (κ1) is 20.9. The third-order valence-electron chi connectivity index (χ3n) is 5.16. The summed E-state index contributed by atoms with van der Waals surface area (Å²) < 4.78 is 10.8. The number of hydrogen-bond donors (Lipinski definition) is 2. The summed E-state index contributed by atoms with van der Waals surface area (Å²) in [5, 5.41) is 11.6. The third kappa shape index (κ3) is 4.98. The van der Waals surface area contributed by atoms with Crippen LogP contribution in [0, 0.1) is 0 Å². The van der Waals surface area contributed by atoms with Crippen LogP contribution in [0.4, 0.5) is 0 Å². The summed E-state index contributed by atoms with van der Waals surface area (Å²) in [6.45, 7) is 5.65. The van der Waals surface area contributed by atoms with E-state index in [9.17, 15) is 14.7 Å². The highest BCUT2D eigenvalue weighted by molar-refractivity contribution is 6.13.